The van der Waals surface area contributed by atoms with E-state index in [1.807, 2.05) is 0 Å². The summed E-state index contributed by atoms with van der Waals surface area (Å²) in [5.74, 6) is -1.22. The zero-order valence-electron chi connectivity index (χ0n) is 7.88. The van der Waals surface area contributed by atoms with Crippen LogP contribution in [0.15, 0.2) is 6.07 Å². The van der Waals surface area contributed by atoms with Gasteiger partial charge in [-0.1, -0.05) is 11.6 Å². The third-order valence-corrected chi connectivity index (χ3v) is 2.48. The number of hydrogen-bond acceptors (Lipinski definition) is 2. The molecule has 0 aliphatic carbocycles. The lowest BCUT2D eigenvalue weighted by Crippen LogP contribution is -2.06. The first-order valence-electron chi connectivity index (χ1n) is 4.19. The average Bonchev–Trinajstić information content (AvgIpc) is 2.19. The van der Waals surface area contributed by atoms with Gasteiger partial charge in [-0.25, -0.2) is 13.8 Å². The fourth-order valence-corrected chi connectivity index (χ4v) is 1.70. The second-order valence-electron chi connectivity index (χ2n) is 2.98. The molecule has 1 aromatic rings. The number of rotatable bonds is 4. The van der Waals surface area contributed by atoms with Gasteiger partial charge >= 0.3 is 5.97 Å². The molecular weight excluding hydrogens is 263 g/mol. The van der Waals surface area contributed by atoms with Gasteiger partial charge in [0.25, 0.3) is 6.43 Å². The lowest BCUT2D eigenvalue weighted by molar-refractivity contribution is -0.136. The Hall–Kier alpha value is -0.940. The molecule has 1 rings (SSSR count). The molecule has 0 spiro atoms. The zero-order valence-corrected chi connectivity index (χ0v) is 9.40. The molecule has 7 heteroatoms. The Kier molecular flexibility index (Phi) is 4.44. The van der Waals surface area contributed by atoms with E-state index >= 15 is 0 Å². The van der Waals surface area contributed by atoms with Crippen LogP contribution in [0.25, 0.3) is 0 Å². The number of carboxylic acid groups (broad SMARTS) is 1. The van der Waals surface area contributed by atoms with Crippen LogP contribution in [-0.4, -0.2) is 16.1 Å². The molecule has 0 aliphatic heterocycles. The predicted octanol–water partition coefficient (Wildman–Crippen LogP) is 3.04. The van der Waals surface area contributed by atoms with Gasteiger partial charge in [0.15, 0.2) is 0 Å². The second-order valence-corrected chi connectivity index (χ2v) is 3.61. The zero-order chi connectivity index (χ0) is 12.3. The first-order valence-corrected chi connectivity index (χ1v) is 5.11. The molecule has 0 radical (unpaired) electrons. The summed E-state index contributed by atoms with van der Waals surface area (Å²) in [6, 6.07) is 1.07. The third kappa shape index (κ3) is 3.02. The molecule has 0 bridgehead atoms. The normalized spacial score (nSPS) is 10.8. The molecule has 16 heavy (non-hydrogen) atoms. The van der Waals surface area contributed by atoms with E-state index < -0.39 is 24.5 Å². The van der Waals surface area contributed by atoms with Crippen LogP contribution in [0, 0.1) is 0 Å². The Morgan fingerprint density at radius 2 is 2.19 bits per heavy atom. The van der Waals surface area contributed by atoms with E-state index in [0.29, 0.717) is 0 Å². The van der Waals surface area contributed by atoms with E-state index in [2.05, 4.69) is 4.98 Å². The van der Waals surface area contributed by atoms with E-state index in [4.69, 9.17) is 28.3 Å². The SMILES string of the molecule is O=C(O)Cc1c(CCl)cc(C(F)F)nc1Cl. The molecule has 1 N–H and O–H groups in total. The van der Waals surface area contributed by atoms with E-state index in [1.165, 1.54) is 0 Å². The summed E-state index contributed by atoms with van der Waals surface area (Å²) in [5, 5.41) is 8.37. The van der Waals surface area contributed by atoms with Crippen molar-refractivity contribution >= 4 is 29.2 Å². The van der Waals surface area contributed by atoms with Crippen LogP contribution in [0.4, 0.5) is 8.78 Å². The predicted molar refractivity (Wildman–Crippen MR) is 55.1 cm³/mol. The summed E-state index contributed by atoms with van der Waals surface area (Å²) in [6.45, 7) is 0. The number of alkyl halides is 3. The van der Waals surface area contributed by atoms with Crippen molar-refractivity contribution in [1.82, 2.24) is 4.98 Å². The number of halogens is 4. The highest BCUT2D eigenvalue weighted by atomic mass is 35.5. The highest BCUT2D eigenvalue weighted by molar-refractivity contribution is 6.30. The second kappa shape index (κ2) is 5.41. The standard InChI is InChI=1S/C9H7Cl2F2NO2/c10-3-4-1-6(9(12)13)14-8(11)5(4)2-7(15)16/h1,9H,2-3H2,(H,15,16). The number of carbonyl (C=O) groups is 1. The van der Waals surface area contributed by atoms with Crippen molar-refractivity contribution in [2.45, 2.75) is 18.7 Å². The van der Waals surface area contributed by atoms with Gasteiger partial charge in [0.05, 0.1) is 6.42 Å². The Balaban J connectivity index is 3.22. The number of carboxylic acids is 1. The highest BCUT2D eigenvalue weighted by Gasteiger charge is 2.17. The maximum atomic E-state index is 12.4. The van der Waals surface area contributed by atoms with Crippen LogP contribution in [0.3, 0.4) is 0 Å². The molecule has 0 aromatic carbocycles. The van der Waals surface area contributed by atoms with E-state index in [1.54, 1.807) is 0 Å². The molecule has 1 heterocycles. The Labute approximate surface area is 100 Å². The fourth-order valence-electron chi connectivity index (χ4n) is 1.18. The van der Waals surface area contributed by atoms with Gasteiger partial charge in [-0.2, -0.15) is 0 Å². The Bertz CT molecular complexity index is 413. The van der Waals surface area contributed by atoms with Gasteiger partial charge in [0.2, 0.25) is 0 Å². The van der Waals surface area contributed by atoms with Gasteiger partial charge in [-0.15, -0.1) is 11.6 Å². The van der Waals surface area contributed by atoms with Crippen molar-refractivity contribution in [2.24, 2.45) is 0 Å². The number of hydrogen-bond donors (Lipinski definition) is 1. The summed E-state index contributed by atoms with van der Waals surface area (Å²) < 4.78 is 24.8. The summed E-state index contributed by atoms with van der Waals surface area (Å²) >= 11 is 11.2. The molecule has 0 saturated heterocycles. The monoisotopic (exact) mass is 269 g/mol. The fraction of sp³-hybridized carbons (Fsp3) is 0.333. The number of aliphatic carboxylic acids is 1. The summed E-state index contributed by atoms with van der Waals surface area (Å²) in [6.07, 6.45) is -3.16. The molecule has 0 unspecified atom stereocenters. The van der Waals surface area contributed by atoms with Crippen LogP contribution in [-0.2, 0) is 17.1 Å². The smallest absolute Gasteiger partial charge is 0.307 e. The van der Waals surface area contributed by atoms with Crippen molar-refractivity contribution in [1.29, 1.82) is 0 Å². The minimum atomic E-state index is -2.77. The molecule has 0 atom stereocenters. The largest absolute Gasteiger partial charge is 0.481 e. The van der Waals surface area contributed by atoms with Crippen LogP contribution >= 0.6 is 23.2 Å². The van der Waals surface area contributed by atoms with Crippen LogP contribution < -0.4 is 0 Å². The van der Waals surface area contributed by atoms with Crippen LogP contribution in [0.1, 0.15) is 23.2 Å². The minimum absolute atomic E-state index is 0.0927. The number of aromatic nitrogens is 1. The van der Waals surface area contributed by atoms with Gasteiger partial charge in [-0.3, -0.25) is 4.79 Å². The van der Waals surface area contributed by atoms with Crippen molar-refractivity contribution in [3.8, 4) is 0 Å². The summed E-state index contributed by atoms with van der Waals surface area (Å²) in [5.41, 5.74) is -0.0669. The molecule has 3 nitrogen and oxygen atoms in total. The Morgan fingerprint density at radius 1 is 1.56 bits per heavy atom. The van der Waals surface area contributed by atoms with Crippen molar-refractivity contribution < 1.29 is 18.7 Å². The third-order valence-electron chi connectivity index (χ3n) is 1.88. The van der Waals surface area contributed by atoms with Crippen molar-refractivity contribution in [3.63, 3.8) is 0 Å². The first kappa shape index (κ1) is 13.1. The van der Waals surface area contributed by atoms with E-state index in [-0.39, 0.29) is 22.2 Å². The van der Waals surface area contributed by atoms with Gasteiger partial charge < -0.3 is 5.11 Å². The van der Waals surface area contributed by atoms with Crippen molar-refractivity contribution in [3.05, 3.63) is 28.0 Å². The van der Waals surface area contributed by atoms with Gasteiger partial charge in [0.1, 0.15) is 10.8 Å². The van der Waals surface area contributed by atoms with E-state index in [0.717, 1.165) is 6.07 Å². The molecule has 0 saturated carbocycles. The highest BCUT2D eigenvalue weighted by Crippen LogP contribution is 2.26. The number of nitrogens with zero attached hydrogens (tertiary/aromatic N) is 1. The van der Waals surface area contributed by atoms with Crippen LogP contribution in [0.5, 0.6) is 0 Å². The minimum Gasteiger partial charge on any atom is -0.481 e. The van der Waals surface area contributed by atoms with Gasteiger partial charge in [0, 0.05) is 11.4 Å². The lowest BCUT2D eigenvalue weighted by atomic mass is 10.1. The first-order chi connectivity index (χ1) is 7.45. The number of pyridine rings is 1. The maximum absolute atomic E-state index is 12.4. The molecular formula is C9H7Cl2F2NO2. The average molecular weight is 270 g/mol. The molecule has 0 amide bonds. The maximum Gasteiger partial charge on any atom is 0.307 e. The lowest BCUT2D eigenvalue weighted by Gasteiger charge is -2.09. The summed E-state index contributed by atoms with van der Waals surface area (Å²) in [7, 11) is 0. The Morgan fingerprint density at radius 3 is 2.62 bits per heavy atom. The molecule has 1 aromatic heterocycles. The van der Waals surface area contributed by atoms with E-state index in [9.17, 15) is 13.6 Å². The molecule has 88 valence electrons. The van der Waals surface area contributed by atoms with Gasteiger partial charge in [-0.05, 0) is 11.6 Å². The van der Waals surface area contributed by atoms with Crippen molar-refractivity contribution in [2.75, 3.05) is 0 Å². The topological polar surface area (TPSA) is 50.2 Å². The quantitative estimate of drug-likeness (QED) is 0.675. The summed E-state index contributed by atoms with van der Waals surface area (Å²) in [4.78, 5) is 14.0. The molecule has 0 aliphatic rings. The molecule has 0 fully saturated rings. The van der Waals surface area contributed by atoms with Crippen LogP contribution in [0.2, 0.25) is 5.15 Å².